The van der Waals surface area contributed by atoms with Crippen LogP contribution in [0.15, 0.2) is 60.7 Å². The van der Waals surface area contributed by atoms with Crippen molar-refractivity contribution in [3.8, 4) is 11.1 Å². The van der Waals surface area contributed by atoms with Gasteiger partial charge in [0.15, 0.2) is 0 Å². The van der Waals surface area contributed by atoms with Crippen molar-refractivity contribution in [2.45, 2.75) is 51.2 Å². The predicted octanol–water partition coefficient (Wildman–Crippen LogP) is 7.41. The summed E-state index contributed by atoms with van der Waals surface area (Å²) in [5.74, 6) is -1.19. The summed E-state index contributed by atoms with van der Waals surface area (Å²) in [6.45, 7) is 3.49. The molecule has 1 saturated heterocycles. The van der Waals surface area contributed by atoms with Crippen LogP contribution in [0.4, 0.5) is 18.9 Å². The maximum absolute atomic E-state index is 14.4. The van der Waals surface area contributed by atoms with E-state index >= 15 is 0 Å². The molecule has 3 heterocycles. The van der Waals surface area contributed by atoms with E-state index in [1.165, 1.54) is 28.3 Å². The van der Waals surface area contributed by atoms with Gasteiger partial charge >= 0.3 is 12.1 Å². The third-order valence-electron chi connectivity index (χ3n) is 9.16. The second kappa shape index (κ2) is 12.6. The lowest BCUT2D eigenvalue weighted by Crippen LogP contribution is -2.40. The number of carboxylic acid groups (broad SMARTS) is 1. The number of H-pyrrole nitrogens is 1. The highest BCUT2D eigenvalue weighted by Crippen LogP contribution is 2.41. The molecule has 0 saturated carbocycles. The fourth-order valence-corrected chi connectivity index (χ4v) is 6.76. The number of benzene rings is 3. The molecular formula is C35H36F3N3O4. The number of para-hydroxylation sites is 2. The van der Waals surface area contributed by atoms with Crippen LogP contribution in [0.2, 0.25) is 0 Å². The number of hydrogen-bond donors (Lipinski definition) is 3. The summed E-state index contributed by atoms with van der Waals surface area (Å²) in [5, 5.41) is 14.2. The molecule has 1 amide bonds. The van der Waals surface area contributed by atoms with Gasteiger partial charge in [0, 0.05) is 41.3 Å². The summed E-state index contributed by atoms with van der Waals surface area (Å²) in [6.07, 6.45) is -0.664. The van der Waals surface area contributed by atoms with Gasteiger partial charge in [0.2, 0.25) is 0 Å². The summed E-state index contributed by atoms with van der Waals surface area (Å²) in [5.41, 5.74) is 2.52. The quantitative estimate of drug-likeness (QED) is 0.179. The van der Waals surface area contributed by atoms with E-state index in [-0.39, 0.29) is 22.4 Å². The fourth-order valence-electron chi connectivity index (χ4n) is 6.76. The van der Waals surface area contributed by atoms with E-state index in [9.17, 15) is 27.9 Å². The molecule has 4 aromatic rings. The summed E-state index contributed by atoms with van der Waals surface area (Å²) in [6, 6.07) is 17.2. The van der Waals surface area contributed by atoms with Gasteiger partial charge in [0.25, 0.3) is 5.91 Å². The van der Waals surface area contributed by atoms with Crippen molar-refractivity contribution in [1.29, 1.82) is 0 Å². The summed E-state index contributed by atoms with van der Waals surface area (Å²) in [7, 11) is 0. The number of hydrogen-bond acceptors (Lipinski definition) is 4. The van der Waals surface area contributed by atoms with Crippen LogP contribution in [0.25, 0.3) is 22.0 Å². The largest absolute Gasteiger partial charge is 0.477 e. The second-order valence-electron chi connectivity index (χ2n) is 12.0. The number of morpholine rings is 1. The number of halogens is 3. The zero-order chi connectivity index (χ0) is 31.7. The van der Waals surface area contributed by atoms with Gasteiger partial charge < -0.3 is 25.0 Å². The van der Waals surface area contributed by atoms with E-state index < -0.39 is 23.6 Å². The number of rotatable bonds is 8. The molecule has 0 radical (unpaired) electrons. The smallest absolute Gasteiger partial charge is 0.417 e. The Morgan fingerprint density at radius 1 is 1.00 bits per heavy atom. The van der Waals surface area contributed by atoms with Crippen molar-refractivity contribution in [2.75, 3.05) is 31.6 Å². The van der Waals surface area contributed by atoms with E-state index in [4.69, 9.17) is 4.74 Å². The minimum atomic E-state index is -4.74. The van der Waals surface area contributed by atoms with Gasteiger partial charge in [-0.25, -0.2) is 4.79 Å². The number of anilines is 1. The topological polar surface area (TPSA) is 94.7 Å². The molecule has 3 aromatic carbocycles. The van der Waals surface area contributed by atoms with Gasteiger partial charge in [-0.1, -0.05) is 48.9 Å². The molecule has 2 aliphatic heterocycles. The van der Waals surface area contributed by atoms with Crippen molar-refractivity contribution in [2.24, 2.45) is 5.92 Å². The van der Waals surface area contributed by atoms with Gasteiger partial charge in [-0.05, 0) is 73.4 Å². The van der Waals surface area contributed by atoms with Gasteiger partial charge in [-0.2, -0.15) is 13.2 Å². The Bertz CT molecular complexity index is 1730. The Morgan fingerprint density at radius 3 is 2.53 bits per heavy atom. The van der Waals surface area contributed by atoms with Crippen LogP contribution in [0.3, 0.4) is 0 Å². The molecule has 0 bridgehead atoms. The number of aromatic nitrogens is 1. The van der Waals surface area contributed by atoms with Gasteiger partial charge in [-0.15, -0.1) is 0 Å². The lowest BCUT2D eigenvalue weighted by atomic mass is 9.84. The standard InChI is InChI=1S/C35H36F3N3O4/c1-21-22(19-23-8-3-5-12-30(23)39-21)7-2-4-9-28-27-11-6-10-26(31(27)40-32(28)34(43)44)25-14-13-24(20-29(25)35(36,37)38)33(42)41-15-17-45-18-16-41/h3,5-6,8,10-14,20-22,39-40H,2,4,7,9,15-19H2,1H3,(H,43,44). The first-order valence-corrected chi connectivity index (χ1v) is 15.4. The number of aromatic amines is 1. The van der Waals surface area contributed by atoms with Crippen LogP contribution < -0.4 is 5.32 Å². The third kappa shape index (κ3) is 6.29. The molecule has 10 heteroatoms. The highest BCUT2D eigenvalue weighted by Gasteiger charge is 2.36. The van der Waals surface area contributed by atoms with Crippen LogP contribution >= 0.6 is 0 Å². The van der Waals surface area contributed by atoms with Crippen molar-refractivity contribution in [3.05, 3.63) is 88.6 Å². The van der Waals surface area contributed by atoms with Gasteiger partial charge in [-0.3, -0.25) is 4.79 Å². The Labute approximate surface area is 259 Å². The molecule has 236 valence electrons. The van der Waals surface area contributed by atoms with Crippen molar-refractivity contribution < 1.29 is 32.6 Å². The van der Waals surface area contributed by atoms with Crippen LogP contribution in [0.5, 0.6) is 0 Å². The number of unbranched alkanes of at least 4 members (excludes halogenated alkanes) is 1. The number of aromatic carboxylic acids is 1. The molecule has 3 N–H and O–H groups in total. The average molecular weight is 620 g/mol. The third-order valence-corrected chi connectivity index (χ3v) is 9.16. The molecule has 2 unspecified atom stereocenters. The zero-order valence-electron chi connectivity index (χ0n) is 25.0. The Hall–Kier alpha value is -4.31. The van der Waals surface area contributed by atoms with Gasteiger partial charge in [0.05, 0.1) is 24.3 Å². The number of aryl methyl sites for hydroxylation is 1. The summed E-state index contributed by atoms with van der Waals surface area (Å²) in [4.78, 5) is 29.7. The summed E-state index contributed by atoms with van der Waals surface area (Å²) >= 11 is 0. The van der Waals surface area contributed by atoms with Crippen LogP contribution in [-0.4, -0.2) is 59.2 Å². The SMILES string of the molecule is CC1Nc2ccccc2CC1CCCCc1c(C(=O)O)[nH]c2c(-c3ccc(C(=O)N4CCOCC4)cc3C(F)(F)F)cccc12. The Balaban J connectivity index is 1.26. The van der Waals surface area contributed by atoms with E-state index in [2.05, 4.69) is 29.4 Å². The normalized spacial score (nSPS) is 18.4. The lowest BCUT2D eigenvalue weighted by molar-refractivity contribution is -0.137. The molecule has 1 aromatic heterocycles. The minimum Gasteiger partial charge on any atom is -0.477 e. The molecule has 2 aliphatic rings. The molecule has 45 heavy (non-hydrogen) atoms. The molecular weight excluding hydrogens is 583 g/mol. The van der Waals surface area contributed by atoms with E-state index in [0.29, 0.717) is 61.2 Å². The predicted molar refractivity (Wildman–Crippen MR) is 167 cm³/mol. The van der Waals surface area contributed by atoms with E-state index in [1.807, 2.05) is 12.1 Å². The Morgan fingerprint density at radius 2 is 1.78 bits per heavy atom. The number of carbonyl (C=O) groups excluding carboxylic acids is 1. The number of alkyl halides is 3. The highest BCUT2D eigenvalue weighted by atomic mass is 19.4. The number of carboxylic acids is 1. The van der Waals surface area contributed by atoms with E-state index in [0.717, 1.165) is 31.7 Å². The average Bonchev–Trinajstić information content (AvgIpc) is 3.42. The van der Waals surface area contributed by atoms with Crippen LogP contribution in [0, 0.1) is 5.92 Å². The number of amides is 1. The Kier molecular flexibility index (Phi) is 8.59. The monoisotopic (exact) mass is 619 g/mol. The number of carbonyl (C=O) groups is 2. The molecule has 7 nitrogen and oxygen atoms in total. The van der Waals surface area contributed by atoms with Crippen LogP contribution in [-0.2, 0) is 23.8 Å². The first-order valence-electron chi connectivity index (χ1n) is 15.4. The molecule has 6 rings (SSSR count). The highest BCUT2D eigenvalue weighted by molar-refractivity contribution is 6.04. The van der Waals surface area contributed by atoms with Crippen molar-refractivity contribution >= 4 is 28.5 Å². The maximum Gasteiger partial charge on any atom is 0.417 e. The maximum atomic E-state index is 14.4. The zero-order valence-corrected chi connectivity index (χ0v) is 25.0. The van der Waals surface area contributed by atoms with E-state index in [1.54, 1.807) is 18.2 Å². The number of nitrogens with zero attached hydrogens (tertiary/aromatic N) is 1. The first kappa shape index (κ1) is 30.7. The number of fused-ring (bicyclic) bond motifs is 2. The number of nitrogens with one attached hydrogen (secondary N) is 2. The molecule has 0 aliphatic carbocycles. The molecule has 2 atom stereocenters. The number of ether oxygens (including phenoxy) is 1. The van der Waals surface area contributed by atoms with Crippen molar-refractivity contribution in [3.63, 3.8) is 0 Å². The fraction of sp³-hybridized carbons (Fsp3) is 0.371. The van der Waals surface area contributed by atoms with Crippen LogP contribution in [0.1, 0.15) is 63.7 Å². The summed E-state index contributed by atoms with van der Waals surface area (Å²) < 4.78 is 48.6. The molecule has 1 fully saturated rings. The minimum absolute atomic E-state index is 0.00764. The van der Waals surface area contributed by atoms with Gasteiger partial charge in [0.1, 0.15) is 5.69 Å². The lowest BCUT2D eigenvalue weighted by Gasteiger charge is -2.32. The molecule has 0 spiro atoms. The second-order valence-corrected chi connectivity index (χ2v) is 12.0. The first-order chi connectivity index (χ1) is 21.6. The van der Waals surface area contributed by atoms with Crippen molar-refractivity contribution in [1.82, 2.24) is 9.88 Å².